The number of hydrogen-bond donors (Lipinski definition) is 3. The van der Waals surface area contributed by atoms with Crippen molar-refractivity contribution in [3.63, 3.8) is 0 Å². The van der Waals surface area contributed by atoms with Crippen molar-refractivity contribution in [3.8, 4) is 0 Å². The standard InChI is InChI=1S/C9H19N3O2/c1-2-3-11-8(13)9(14)12-6-4-10-5-7-12/h9-10,14H,2-7H2,1H3,(H,11,13). The van der Waals surface area contributed by atoms with Crippen molar-refractivity contribution >= 4 is 5.91 Å². The average Bonchev–Trinajstić information content (AvgIpc) is 2.26. The molecule has 0 spiro atoms. The number of nitrogens with one attached hydrogen (secondary N) is 2. The van der Waals surface area contributed by atoms with Gasteiger partial charge in [0.05, 0.1) is 0 Å². The van der Waals surface area contributed by atoms with Gasteiger partial charge in [0.25, 0.3) is 5.91 Å². The van der Waals surface area contributed by atoms with E-state index in [2.05, 4.69) is 10.6 Å². The van der Waals surface area contributed by atoms with Gasteiger partial charge in [-0.3, -0.25) is 9.69 Å². The number of carbonyl (C=O) groups is 1. The number of hydrogen-bond acceptors (Lipinski definition) is 4. The minimum Gasteiger partial charge on any atom is -0.370 e. The molecule has 0 aromatic rings. The van der Waals surface area contributed by atoms with E-state index in [1.165, 1.54) is 0 Å². The highest BCUT2D eigenvalue weighted by atomic mass is 16.3. The van der Waals surface area contributed by atoms with Gasteiger partial charge >= 0.3 is 0 Å². The van der Waals surface area contributed by atoms with Gasteiger partial charge in [0.15, 0.2) is 6.23 Å². The molecule has 14 heavy (non-hydrogen) atoms. The summed E-state index contributed by atoms with van der Waals surface area (Å²) in [4.78, 5) is 13.2. The summed E-state index contributed by atoms with van der Waals surface area (Å²) in [7, 11) is 0. The van der Waals surface area contributed by atoms with Crippen LogP contribution in [0.25, 0.3) is 0 Å². The van der Waals surface area contributed by atoms with Crippen LogP contribution in [0.5, 0.6) is 0 Å². The Morgan fingerprint density at radius 1 is 1.57 bits per heavy atom. The van der Waals surface area contributed by atoms with Gasteiger partial charge in [-0.2, -0.15) is 0 Å². The fourth-order valence-electron chi connectivity index (χ4n) is 1.43. The number of piperazine rings is 1. The monoisotopic (exact) mass is 201 g/mol. The molecule has 5 heteroatoms. The quantitative estimate of drug-likeness (QED) is 0.531. The van der Waals surface area contributed by atoms with Crippen LogP contribution in [-0.2, 0) is 4.79 Å². The first kappa shape index (κ1) is 11.4. The van der Waals surface area contributed by atoms with Crippen LogP contribution >= 0.6 is 0 Å². The van der Waals surface area contributed by atoms with Crippen LogP contribution in [0.3, 0.4) is 0 Å². The predicted octanol–water partition coefficient (Wildman–Crippen LogP) is -1.26. The van der Waals surface area contributed by atoms with E-state index >= 15 is 0 Å². The molecule has 0 radical (unpaired) electrons. The Kier molecular flexibility index (Phi) is 4.86. The second kappa shape index (κ2) is 5.95. The summed E-state index contributed by atoms with van der Waals surface area (Å²) in [5, 5.41) is 15.5. The summed E-state index contributed by atoms with van der Waals surface area (Å²) < 4.78 is 0. The smallest absolute Gasteiger partial charge is 0.264 e. The van der Waals surface area contributed by atoms with Crippen molar-refractivity contribution in [1.29, 1.82) is 0 Å². The van der Waals surface area contributed by atoms with Crippen molar-refractivity contribution in [3.05, 3.63) is 0 Å². The number of nitrogens with zero attached hydrogens (tertiary/aromatic N) is 1. The van der Waals surface area contributed by atoms with Crippen LogP contribution in [0.15, 0.2) is 0 Å². The Bertz CT molecular complexity index is 181. The minimum atomic E-state index is -0.983. The van der Waals surface area contributed by atoms with Gasteiger partial charge in [0.1, 0.15) is 0 Å². The zero-order valence-electron chi connectivity index (χ0n) is 8.62. The largest absolute Gasteiger partial charge is 0.370 e. The van der Waals surface area contributed by atoms with Gasteiger partial charge in [0, 0.05) is 32.7 Å². The van der Waals surface area contributed by atoms with Gasteiger partial charge in [-0.05, 0) is 6.42 Å². The summed E-state index contributed by atoms with van der Waals surface area (Å²) in [6.07, 6.45) is -0.0938. The molecule has 0 aromatic carbocycles. The number of aliphatic hydroxyl groups excluding tert-OH is 1. The Hall–Kier alpha value is -0.650. The lowest BCUT2D eigenvalue weighted by molar-refractivity contribution is -0.140. The molecule has 1 aliphatic heterocycles. The van der Waals surface area contributed by atoms with E-state index in [1.807, 2.05) is 6.92 Å². The predicted molar refractivity (Wildman–Crippen MR) is 53.8 cm³/mol. The van der Waals surface area contributed by atoms with Crippen LogP contribution in [0, 0.1) is 0 Å². The summed E-state index contributed by atoms with van der Waals surface area (Å²) in [5.74, 6) is -0.284. The molecule has 0 bridgehead atoms. The van der Waals surface area contributed by atoms with Gasteiger partial charge in [-0.25, -0.2) is 0 Å². The normalized spacial score (nSPS) is 20.4. The SMILES string of the molecule is CCCNC(=O)C(O)N1CCNCC1. The zero-order valence-corrected chi connectivity index (χ0v) is 8.62. The lowest BCUT2D eigenvalue weighted by atomic mass is 10.3. The molecule has 5 nitrogen and oxygen atoms in total. The number of carbonyl (C=O) groups excluding carboxylic acids is 1. The van der Waals surface area contributed by atoms with E-state index in [-0.39, 0.29) is 5.91 Å². The van der Waals surface area contributed by atoms with E-state index in [4.69, 9.17) is 0 Å². The lowest BCUT2D eigenvalue weighted by Gasteiger charge is -2.30. The minimum absolute atomic E-state index is 0.284. The maximum atomic E-state index is 11.4. The molecular formula is C9H19N3O2. The molecule has 1 heterocycles. The van der Waals surface area contributed by atoms with Crippen molar-refractivity contribution < 1.29 is 9.90 Å². The molecule has 0 aromatic heterocycles. The molecule has 1 rings (SSSR count). The fraction of sp³-hybridized carbons (Fsp3) is 0.889. The van der Waals surface area contributed by atoms with Gasteiger partial charge in [-0.15, -0.1) is 0 Å². The molecule has 1 aliphatic rings. The third-order valence-corrected chi connectivity index (χ3v) is 2.28. The highest BCUT2D eigenvalue weighted by Gasteiger charge is 2.23. The van der Waals surface area contributed by atoms with E-state index in [9.17, 15) is 9.90 Å². The highest BCUT2D eigenvalue weighted by molar-refractivity contribution is 5.80. The highest BCUT2D eigenvalue weighted by Crippen LogP contribution is 1.98. The number of aliphatic hydroxyl groups is 1. The lowest BCUT2D eigenvalue weighted by Crippen LogP contribution is -2.53. The first-order valence-electron chi connectivity index (χ1n) is 5.16. The second-order valence-corrected chi connectivity index (χ2v) is 3.45. The molecule has 1 atom stereocenters. The summed E-state index contributed by atoms with van der Waals surface area (Å²) in [6, 6.07) is 0. The maximum Gasteiger partial charge on any atom is 0.264 e. The molecule has 3 N–H and O–H groups in total. The third kappa shape index (κ3) is 3.25. The maximum absolute atomic E-state index is 11.4. The molecule has 0 aliphatic carbocycles. The van der Waals surface area contributed by atoms with Crippen molar-refractivity contribution in [2.24, 2.45) is 0 Å². The summed E-state index contributed by atoms with van der Waals surface area (Å²) in [5.41, 5.74) is 0. The van der Waals surface area contributed by atoms with E-state index in [0.29, 0.717) is 6.54 Å². The van der Waals surface area contributed by atoms with E-state index in [1.54, 1.807) is 4.90 Å². The van der Waals surface area contributed by atoms with E-state index < -0.39 is 6.23 Å². The summed E-state index contributed by atoms with van der Waals surface area (Å²) in [6.45, 7) is 5.72. The average molecular weight is 201 g/mol. The molecule has 1 unspecified atom stereocenters. The Labute approximate surface area is 84.5 Å². The van der Waals surface area contributed by atoms with Crippen LogP contribution in [0.2, 0.25) is 0 Å². The molecule has 1 saturated heterocycles. The Morgan fingerprint density at radius 2 is 2.21 bits per heavy atom. The zero-order chi connectivity index (χ0) is 10.4. The molecule has 82 valence electrons. The van der Waals surface area contributed by atoms with Crippen molar-refractivity contribution in [1.82, 2.24) is 15.5 Å². The second-order valence-electron chi connectivity index (χ2n) is 3.45. The first-order valence-corrected chi connectivity index (χ1v) is 5.16. The third-order valence-electron chi connectivity index (χ3n) is 2.28. The van der Waals surface area contributed by atoms with Crippen LogP contribution in [-0.4, -0.2) is 54.9 Å². The van der Waals surface area contributed by atoms with Gasteiger partial charge in [0.2, 0.25) is 0 Å². The number of rotatable bonds is 4. The van der Waals surface area contributed by atoms with Crippen molar-refractivity contribution in [2.45, 2.75) is 19.6 Å². The molecule has 0 saturated carbocycles. The summed E-state index contributed by atoms with van der Waals surface area (Å²) >= 11 is 0. The molecular weight excluding hydrogens is 182 g/mol. The van der Waals surface area contributed by atoms with E-state index in [0.717, 1.165) is 32.6 Å². The van der Waals surface area contributed by atoms with Crippen LogP contribution in [0.1, 0.15) is 13.3 Å². The van der Waals surface area contributed by atoms with Gasteiger partial charge in [-0.1, -0.05) is 6.92 Å². The van der Waals surface area contributed by atoms with Crippen LogP contribution < -0.4 is 10.6 Å². The van der Waals surface area contributed by atoms with Crippen molar-refractivity contribution in [2.75, 3.05) is 32.7 Å². The Morgan fingerprint density at radius 3 is 2.79 bits per heavy atom. The number of amides is 1. The topological polar surface area (TPSA) is 64.6 Å². The fourth-order valence-corrected chi connectivity index (χ4v) is 1.43. The molecule has 1 fully saturated rings. The van der Waals surface area contributed by atoms with Crippen LogP contribution in [0.4, 0.5) is 0 Å². The Balaban J connectivity index is 2.30. The van der Waals surface area contributed by atoms with Gasteiger partial charge < -0.3 is 15.7 Å². The molecule has 1 amide bonds. The first-order chi connectivity index (χ1) is 6.75.